The first-order valence-electron chi connectivity index (χ1n) is 9.72. The molecule has 0 unspecified atom stereocenters. The number of benzene rings is 2. The average Bonchev–Trinajstić information content (AvgIpc) is 3.04. The van der Waals surface area contributed by atoms with E-state index in [9.17, 15) is 9.59 Å². The third-order valence-corrected chi connectivity index (χ3v) is 5.04. The van der Waals surface area contributed by atoms with Crippen molar-refractivity contribution in [3.05, 3.63) is 77.6 Å². The van der Waals surface area contributed by atoms with Gasteiger partial charge in [-0.2, -0.15) is 5.10 Å². The van der Waals surface area contributed by atoms with E-state index in [1.807, 2.05) is 13.0 Å². The van der Waals surface area contributed by atoms with E-state index in [4.69, 9.17) is 0 Å². The second kappa shape index (κ2) is 7.91. The van der Waals surface area contributed by atoms with Gasteiger partial charge in [0.15, 0.2) is 11.4 Å². The van der Waals surface area contributed by atoms with Gasteiger partial charge in [-0.3, -0.25) is 9.59 Å². The van der Waals surface area contributed by atoms with Crippen LogP contribution < -0.4 is 5.32 Å². The van der Waals surface area contributed by atoms with Crippen LogP contribution in [0.2, 0.25) is 0 Å². The number of carbonyl (C=O) groups excluding carboxylic acids is 2. The molecule has 0 aliphatic heterocycles. The third kappa shape index (κ3) is 3.85. The Labute approximate surface area is 174 Å². The quantitative estimate of drug-likeness (QED) is 0.500. The maximum atomic E-state index is 12.6. The van der Waals surface area contributed by atoms with Crippen LogP contribution in [0.1, 0.15) is 28.5 Å². The molecule has 2 heterocycles. The van der Waals surface area contributed by atoms with Crippen LogP contribution in [0.4, 0.5) is 5.69 Å². The van der Waals surface area contributed by atoms with Crippen LogP contribution in [-0.4, -0.2) is 26.5 Å². The summed E-state index contributed by atoms with van der Waals surface area (Å²) in [5.74, 6) is -0.223. The Morgan fingerprint density at radius 3 is 2.33 bits per heavy atom. The van der Waals surface area contributed by atoms with Gasteiger partial charge in [-0.1, -0.05) is 29.8 Å². The normalized spacial score (nSPS) is 10.9. The summed E-state index contributed by atoms with van der Waals surface area (Å²) in [5.41, 5.74) is 6.07. The molecule has 0 radical (unpaired) electrons. The molecule has 4 aromatic rings. The van der Waals surface area contributed by atoms with Gasteiger partial charge in [0.05, 0.1) is 5.69 Å². The zero-order valence-electron chi connectivity index (χ0n) is 17.1. The van der Waals surface area contributed by atoms with Crippen molar-refractivity contribution in [3.63, 3.8) is 0 Å². The number of hydrogen-bond donors (Lipinski definition) is 1. The monoisotopic (exact) mass is 398 g/mol. The smallest absolute Gasteiger partial charge is 0.246 e. The molecule has 2 aromatic heterocycles. The molecule has 1 N–H and O–H groups in total. The number of ketones is 1. The fraction of sp³-hybridized carbons (Fsp3) is 0.167. The number of carbonyl (C=O) groups is 2. The number of fused-ring (bicyclic) bond motifs is 1. The molecule has 2 aromatic carbocycles. The second-order valence-corrected chi connectivity index (χ2v) is 7.35. The number of anilines is 1. The Balaban J connectivity index is 1.60. The van der Waals surface area contributed by atoms with Gasteiger partial charge in [0.25, 0.3) is 0 Å². The topological polar surface area (TPSA) is 76.9 Å². The Morgan fingerprint density at radius 1 is 0.967 bits per heavy atom. The lowest BCUT2D eigenvalue weighted by Crippen LogP contribution is -2.19. The molecule has 0 bridgehead atoms. The molecule has 0 aliphatic rings. The molecule has 6 nitrogen and oxygen atoms in total. The van der Waals surface area contributed by atoms with Gasteiger partial charge < -0.3 is 5.32 Å². The standard InChI is InChI=1S/C24H22N4O2/c1-15-4-6-19(7-5-15)21-12-13-25-24-23(21)16(2)27-28(24)14-22(30)26-20-10-8-18(9-11-20)17(3)29/h4-13H,14H2,1-3H3,(H,26,30). The molecule has 0 saturated heterocycles. The SMILES string of the molecule is CC(=O)c1ccc(NC(=O)Cn2nc(C)c3c(-c4ccc(C)cc4)ccnc32)cc1. The van der Waals surface area contributed by atoms with E-state index in [2.05, 4.69) is 46.6 Å². The number of aryl methyl sites for hydroxylation is 2. The van der Waals surface area contributed by atoms with Crippen molar-refractivity contribution in [2.75, 3.05) is 5.32 Å². The first kappa shape index (κ1) is 19.5. The molecule has 0 aliphatic carbocycles. The number of nitrogens with zero attached hydrogens (tertiary/aromatic N) is 3. The fourth-order valence-corrected chi connectivity index (χ4v) is 3.49. The largest absolute Gasteiger partial charge is 0.324 e. The summed E-state index contributed by atoms with van der Waals surface area (Å²) in [4.78, 5) is 28.4. The predicted molar refractivity (Wildman–Crippen MR) is 118 cm³/mol. The second-order valence-electron chi connectivity index (χ2n) is 7.35. The molecule has 1 amide bonds. The highest BCUT2D eigenvalue weighted by molar-refractivity contribution is 5.97. The van der Waals surface area contributed by atoms with Gasteiger partial charge in [-0.15, -0.1) is 0 Å². The zero-order chi connectivity index (χ0) is 21.3. The van der Waals surface area contributed by atoms with E-state index in [-0.39, 0.29) is 18.2 Å². The number of amides is 1. The highest BCUT2D eigenvalue weighted by Gasteiger charge is 2.16. The number of rotatable bonds is 5. The molecular weight excluding hydrogens is 376 g/mol. The maximum absolute atomic E-state index is 12.6. The van der Waals surface area contributed by atoms with Crippen molar-refractivity contribution in [2.24, 2.45) is 0 Å². The van der Waals surface area contributed by atoms with E-state index < -0.39 is 0 Å². The van der Waals surface area contributed by atoms with Gasteiger partial charge in [0, 0.05) is 22.8 Å². The van der Waals surface area contributed by atoms with E-state index >= 15 is 0 Å². The minimum atomic E-state index is -0.211. The van der Waals surface area contributed by atoms with Gasteiger partial charge >= 0.3 is 0 Å². The lowest BCUT2D eigenvalue weighted by atomic mass is 10.0. The Bertz CT molecular complexity index is 1240. The first-order chi connectivity index (χ1) is 14.4. The van der Waals surface area contributed by atoms with Crippen LogP contribution in [0.5, 0.6) is 0 Å². The van der Waals surface area contributed by atoms with Gasteiger partial charge in [-0.05, 0) is 62.2 Å². The first-order valence-corrected chi connectivity index (χ1v) is 9.72. The summed E-state index contributed by atoms with van der Waals surface area (Å²) >= 11 is 0. The maximum Gasteiger partial charge on any atom is 0.246 e. The lowest BCUT2D eigenvalue weighted by molar-refractivity contribution is -0.116. The van der Waals surface area contributed by atoms with Gasteiger partial charge in [0.2, 0.25) is 5.91 Å². The molecule has 0 spiro atoms. The van der Waals surface area contributed by atoms with Gasteiger partial charge in [0.1, 0.15) is 6.54 Å². The Morgan fingerprint density at radius 2 is 1.67 bits per heavy atom. The number of hydrogen-bond acceptors (Lipinski definition) is 4. The molecule has 0 fully saturated rings. The minimum absolute atomic E-state index is 0.0122. The van der Waals surface area contributed by atoms with Crippen molar-refractivity contribution in [1.29, 1.82) is 0 Å². The summed E-state index contributed by atoms with van der Waals surface area (Å²) in [6.45, 7) is 5.54. The minimum Gasteiger partial charge on any atom is -0.324 e. The van der Waals surface area contributed by atoms with Crippen LogP contribution >= 0.6 is 0 Å². The highest BCUT2D eigenvalue weighted by atomic mass is 16.2. The number of nitrogens with one attached hydrogen (secondary N) is 1. The lowest BCUT2D eigenvalue weighted by Gasteiger charge is -2.07. The molecule has 6 heteroatoms. The van der Waals surface area contributed by atoms with Crippen molar-refractivity contribution in [3.8, 4) is 11.1 Å². The van der Waals surface area contributed by atoms with Crippen LogP contribution in [0.25, 0.3) is 22.2 Å². The van der Waals surface area contributed by atoms with Crippen LogP contribution in [0, 0.1) is 13.8 Å². The number of aromatic nitrogens is 3. The molecule has 150 valence electrons. The van der Waals surface area contributed by atoms with E-state index in [0.717, 1.165) is 22.2 Å². The summed E-state index contributed by atoms with van der Waals surface area (Å²) in [6.07, 6.45) is 1.74. The van der Waals surface area contributed by atoms with Gasteiger partial charge in [-0.25, -0.2) is 9.67 Å². The van der Waals surface area contributed by atoms with Crippen molar-refractivity contribution in [2.45, 2.75) is 27.3 Å². The summed E-state index contributed by atoms with van der Waals surface area (Å²) in [6, 6.07) is 17.1. The summed E-state index contributed by atoms with van der Waals surface area (Å²) in [7, 11) is 0. The van der Waals surface area contributed by atoms with E-state index in [1.165, 1.54) is 12.5 Å². The molecule has 0 atom stereocenters. The van der Waals surface area contributed by atoms with Crippen molar-refractivity contribution < 1.29 is 9.59 Å². The van der Waals surface area contributed by atoms with Crippen LogP contribution in [0.3, 0.4) is 0 Å². The molecule has 30 heavy (non-hydrogen) atoms. The molecule has 0 saturated carbocycles. The number of pyridine rings is 1. The Kier molecular flexibility index (Phi) is 5.14. The van der Waals surface area contributed by atoms with Crippen LogP contribution in [-0.2, 0) is 11.3 Å². The summed E-state index contributed by atoms with van der Waals surface area (Å²) < 4.78 is 1.63. The fourth-order valence-electron chi connectivity index (χ4n) is 3.49. The Hall–Kier alpha value is -3.80. The van der Waals surface area contributed by atoms with Crippen molar-refractivity contribution in [1.82, 2.24) is 14.8 Å². The van der Waals surface area contributed by atoms with E-state index in [0.29, 0.717) is 16.9 Å². The summed E-state index contributed by atoms with van der Waals surface area (Å²) in [5, 5.41) is 8.35. The van der Waals surface area contributed by atoms with E-state index in [1.54, 1.807) is 35.1 Å². The predicted octanol–water partition coefficient (Wildman–Crippen LogP) is 4.56. The number of Topliss-reactive ketones (excluding diaryl/α,β-unsaturated/α-hetero) is 1. The average molecular weight is 398 g/mol. The molecule has 4 rings (SSSR count). The molecular formula is C24H22N4O2. The highest BCUT2D eigenvalue weighted by Crippen LogP contribution is 2.30. The van der Waals surface area contributed by atoms with Crippen LogP contribution in [0.15, 0.2) is 60.8 Å². The third-order valence-electron chi connectivity index (χ3n) is 5.04. The van der Waals surface area contributed by atoms with Crippen molar-refractivity contribution >= 4 is 28.4 Å². The zero-order valence-corrected chi connectivity index (χ0v) is 17.1.